The molecule has 1 heterocycles. The smallest absolute Gasteiger partial charge is 0.333 e. The molecule has 1 saturated carbocycles. The lowest BCUT2D eigenvalue weighted by Crippen LogP contribution is -2.67. The number of carbonyl (C=O) groups excluding carboxylic acids is 2. The molecule has 0 radical (unpaired) electrons. The zero-order chi connectivity index (χ0) is 16.5. The maximum atomic E-state index is 13.5. The molecule has 1 aliphatic heterocycles. The molecule has 2 aliphatic rings. The molecule has 2 atom stereocenters. The molecular formula is C14H16F3N3O2. The summed E-state index contributed by atoms with van der Waals surface area (Å²) in [5.41, 5.74) is -3.61. The van der Waals surface area contributed by atoms with Gasteiger partial charge in [0, 0.05) is 11.6 Å². The van der Waals surface area contributed by atoms with Crippen molar-refractivity contribution in [3.05, 3.63) is 12.3 Å². The number of carbonyl (C=O) groups is 2. The second-order valence-electron chi connectivity index (χ2n) is 5.67. The number of amides is 2. The molecule has 1 aliphatic carbocycles. The first-order valence-corrected chi connectivity index (χ1v) is 7.02. The largest absolute Gasteiger partial charge is 0.422 e. The van der Waals surface area contributed by atoms with Gasteiger partial charge in [0.15, 0.2) is 0 Å². The van der Waals surface area contributed by atoms with Gasteiger partial charge in [-0.3, -0.25) is 9.59 Å². The minimum absolute atomic E-state index is 0.353. The lowest BCUT2D eigenvalue weighted by molar-refractivity contribution is -0.202. The fraction of sp³-hybridized carbons (Fsp3) is 0.643. The number of nitrogens with zero attached hydrogens (tertiary/aromatic N) is 1. The van der Waals surface area contributed by atoms with Crippen LogP contribution in [0.15, 0.2) is 12.3 Å². The van der Waals surface area contributed by atoms with Crippen molar-refractivity contribution in [2.45, 2.75) is 43.8 Å². The van der Waals surface area contributed by atoms with Crippen molar-refractivity contribution in [3.8, 4) is 6.07 Å². The van der Waals surface area contributed by atoms with Gasteiger partial charge in [-0.15, -0.1) is 0 Å². The van der Waals surface area contributed by atoms with E-state index in [0.717, 1.165) is 19.3 Å². The monoisotopic (exact) mass is 315 g/mol. The van der Waals surface area contributed by atoms with Crippen molar-refractivity contribution in [1.29, 1.82) is 5.26 Å². The van der Waals surface area contributed by atoms with Crippen LogP contribution in [0.2, 0.25) is 0 Å². The van der Waals surface area contributed by atoms with Crippen LogP contribution in [0, 0.1) is 23.2 Å². The average molecular weight is 315 g/mol. The van der Waals surface area contributed by atoms with E-state index in [4.69, 9.17) is 5.26 Å². The molecule has 5 nitrogen and oxygen atoms in total. The second kappa shape index (κ2) is 5.63. The molecule has 0 bridgehead atoms. The molecule has 22 heavy (non-hydrogen) atoms. The molecule has 2 N–H and O–H groups in total. The van der Waals surface area contributed by atoms with Crippen LogP contribution in [-0.2, 0) is 9.59 Å². The molecule has 2 amide bonds. The highest BCUT2D eigenvalue weighted by Crippen LogP contribution is 2.43. The minimum atomic E-state index is -5.10. The van der Waals surface area contributed by atoms with Gasteiger partial charge < -0.3 is 10.6 Å². The summed E-state index contributed by atoms with van der Waals surface area (Å²) in [7, 11) is 0. The van der Waals surface area contributed by atoms with Gasteiger partial charge in [-0.2, -0.15) is 18.4 Å². The van der Waals surface area contributed by atoms with Gasteiger partial charge in [0.05, 0.1) is 6.07 Å². The average Bonchev–Trinajstić information content (AvgIpc) is 2.70. The maximum absolute atomic E-state index is 13.5. The van der Waals surface area contributed by atoms with Crippen molar-refractivity contribution in [2.24, 2.45) is 11.8 Å². The van der Waals surface area contributed by atoms with Crippen molar-refractivity contribution < 1.29 is 22.8 Å². The van der Waals surface area contributed by atoms with E-state index in [2.05, 4.69) is 6.58 Å². The van der Waals surface area contributed by atoms with E-state index in [1.54, 1.807) is 0 Å². The molecule has 0 unspecified atom stereocenters. The van der Waals surface area contributed by atoms with Crippen LogP contribution in [0.4, 0.5) is 13.2 Å². The fourth-order valence-corrected chi connectivity index (χ4v) is 3.04. The summed E-state index contributed by atoms with van der Waals surface area (Å²) in [4.78, 5) is 24.1. The summed E-state index contributed by atoms with van der Waals surface area (Å²) in [6.07, 6.45) is -1.66. The standard InChI is InChI=1S/C14H16F3N3O2/c1-8-10(7-18)13(12(22)19-8,14(15,16)17)20-11(21)9-5-3-2-4-6-9/h9-10H,1-6H2,(H,19,22)(H,20,21)/t10-,13+/m0/s1. The number of halogens is 3. The normalized spacial score (nSPS) is 29.8. The first-order chi connectivity index (χ1) is 10.2. The number of hydrogen-bond donors (Lipinski definition) is 2. The van der Waals surface area contributed by atoms with Crippen molar-refractivity contribution in [3.63, 3.8) is 0 Å². The molecule has 8 heteroatoms. The third-order valence-corrected chi connectivity index (χ3v) is 4.29. The summed E-state index contributed by atoms with van der Waals surface area (Å²) >= 11 is 0. The summed E-state index contributed by atoms with van der Waals surface area (Å²) in [6, 6.07) is 1.43. The SMILES string of the molecule is C=C1NC(=O)[C@@](NC(=O)C2CCCCC2)(C(F)(F)F)[C@H]1C#N. The Morgan fingerprint density at radius 1 is 1.36 bits per heavy atom. The molecule has 1 saturated heterocycles. The molecule has 0 spiro atoms. The molecule has 120 valence electrons. The first-order valence-electron chi connectivity index (χ1n) is 7.02. The second-order valence-corrected chi connectivity index (χ2v) is 5.67. The number of nitrogens with one attached hydrogen (secondary N) is 2. The number of alkyl halides is 3. The van der Waals surface area contributed by atoms with E-state index in [-0.39, 0.29) is 5.70 Å². The first kappa shape index (κ1) is 16.3. The topological polar surface area (TPSA) is 82.0 Å². The Morgan fingerprint density at radius 3 is 2.45 bits per heavy atom. The van der Waals surface area contributed by atoms with Crippen LogP contribution in [0.5, 0.6) is 0 Å². The molecule has 0 aromatic rings. The zero-order valence-electron chi connectivity index (χ0n) is 11.8. The van der Waals surface area contributed by atoms with Crippen molar-refractivity contribution >= 4 is 11.8 Å². The summed E-state index contributed by atoms with van der Waals surface area (Å²) in [5.74, 6) is -4.73. The predicted octanol–water partition coefficient (Wildman–Crippen LogP) is 1.77. The zero-order valence-corrected chi connectivity index (χ0v) is 11.8. The lowest BCUT2D eigenvalue weighted by atomic mass is 9.82. The molecule has 2 rings (SSSR count). The maximum Gasteiger partial charge on any atom is 0.422 e. The van der Waals surface area contributed by atoms with Crippen molar-refractivity contribution in [1.82, 2.24) is 10.6 Å². The van der Waals surface area contributed by atoms with E-state index in [9.17, 15) is 22.8 Å². The Morgan fingerprint density at radius 2 is 1.95 bits per heavy atom. The fourth-order valence-electron chi connectivity index (χ4n) is 3.04. The van der Waals surface area contributed by atoms with Crippen LogP contribution < -0.4 is 10.6 Å². The Balaban J connectivity index is 2.35. The van der Waals surface area contributed by atoms with Gasteiger partial charge in [-0.1, -0.05) is 25.8 Å². The van der Waals surface area contributed by atoms with Gasteiger partial charge in [0.2, 0.25) is 11.4 Å². The highest BCUT2D eigenvalue weighted by Gasteiger charge is 2.70. The van der Waals surface area contributed by atoms with Crippen LogP contribution >= 0.6 is 0 Å². The summed E-state index contributed by atoms with van der Waals surface area (Å²) in [5, 5.41) is 12.8. The van der Waals surface area contributed by atoms with Gasteiger partial charge in [-0.25, -0.2) is 0 Å². The van der Waals surface area contributed by atoms with Gasteiger partial charge >= 0.3 is 6.18 Å². The van der Waals surface area contributed by atoms with Crippen LogP contribution in [0.25, 0.3) is 0 Å². The molecule has 0 aromatic heterocycles. The van der Waals surface area contributed by atoms with Gasteiger partial charge in [0.1, 0.15) is 5.92 Å². The highest BCUT2D eigenvalue weighted by atomic mass is 19.4. The molecule has 2 fully saturated rings. The number of rotatable bonds is 2. The quantitative estimate of drug-likeness (QED) is 0.815. The highest BCUT2D eigenvalue weighted by molar-refractivity contribution is 5.97. The van der Waals surface area contributed by atoms with Gasteiger partial charge in [-0.05, 0) is 12.8 Å². The van der Waals surface area contributed by atoms with E-state index in [1.807, 2.05) is 10.6 Å². The van der Waals surface area contributed by atoms with E-state index in [1.165, 1.54) is 6.07 Å². The Labute approximate surface area is 125 Å². The minimum Gasteiger partial charge on any atom is -0.333 e. The third kappa shape index (κ3) is 2.45. The van der Waals surface area contributed by atoms with Crippen molar-refractivity contribution in [2.75, 3.05) is 0 Å². The van der Waals surface area contributed by atoms with Crippen LogP contribution in [-0.4, -0.2) is 23.5 Å². The lowest BCUT2D eigenvalue weighted by Gasteiger charge is -2.34. The van der Waals surface area contributed by atoms with Gasteiger partial charge in [0.25, 0.3) is 5.91 Å². The summed E-state index contributed by atoms with van der Waals surface area (Å²) in [6.45, 7) is 3.28. The Kier molecular flexibility index (Phi) is 4.18. The summed E-state index contributed by atoms with van der Waals surface area (Å²) < 4.78 is 40.6. The number of nitriles is 1. The Hall–Kier alpha value is -2.04. The van der Waals surface area contributed by atoms with E-state index in [0.29, 0.717) is 12.8 Å². The Bertz CT molecular complexity index is 547. The van der Waals surface area contributed by atoms with Crippen LogP contribution in [0.1, 0.15) is 32.1 Å². The number of hydrogen-bond acceptors (Lipinski definition) is 3. The third-order valence-electron chi connectivity index (χ3n) is 4.29. The van der Waals surface area contributed by atoms with E-state index >= 15 is 0 Å². The predicted molar refractivity (Wildman–Crippen MR) is 69.9 cm³/mol. The van der Waals surface area contributed by atoms with E-state index < -0.39 is 35.4 Å². The van der Waals surface area contributed by atoms with Crippen LogP contribution in [0.3, 0.4) is 0 Å². The molecule has 0 aromatic carbocycles. The molecular weight excluding hydrogens is 299 g/mol.